The van der Waals surface area contributed by atoms with Crippen molar-refractivity contribution in [3.8, 4) is 0 Å². The van der Waals surface area contributed by atoms with E-state index in [4.69, 9.17) is 5.73 Å². The van der Waals surface area contributed by atoms with Gasteiger partial charge in [0.25, 0.3) is 5.69 Å². The number of hydrogen-bond acceptors (Lipinski definition) is 5. The van der Waals surface area contributed by atoms with Crippen molar-refractivity contribution in [2.45, 2.75) is 19.1 Å². The molecule has 96 valence electrons. The molecule has 1 amide bonds. The first kappa shape index (κ1) is 12.5. The number of nitro groups is 1. The molecule has 1 fully saturated rings. The molecule has 1 aliphatic heterocycles. The zero-order valence-electron chi connectivity index (χ0n) is 9.57. The Morgan fingerprint density at radius 1 is 1.56 bits per heavy atom. The van der Waals surface area contributed by atoms with E-state index in [9.17, 15) is 20.0 Å². The molecule has 1 aromatic carbocycles. The normalized spacial score (nSPS) is 19.3. The number of aliphatic hydroxyl groups excluding tert-OH is 1. The molecule has 7 heteroatoms. The largest absolute Gasteiger partial charge is 0.392 e. The SMILES string of the molecule is NC1CC(=O)N(c2ccc([N+](=O)[O-])cc2CO)C1. The standard InChI is InChI=1S/C11H13N3O4/c12-8-4-11(16)13(5-8)10-2-1-9(14(17)18)3-7(10)6-15/h1-3,8,15H,4-6,12H2. The zero-order valence-corrected chi connectivity index (χ0v) is 9.57. The van der Waals surface area contributed by atoms with E-state index in [2.05, 4.69) is 0 Å². The Labute approximate surface area is 103 Å². The van der Waals surface area contributed by atoms with E-state index in [-0.39, 0.29) is 30.7 Å². The maximum Gasteiger partial charge on any atom is 0.269 e. The minimum absolute atomic E-state index is 0.112. The molecule has 3 N–H and O–H groups in total. The van der Waals surface area contributed by atoms with Gasteiger partial charge < -0.3 is 15.7 Å². The maximum atomic E-state index is 11.7. The quantitative estimate of drug-likeness (QED) is 0.587. The summed E-state index contributed by atoms with van der Waals surface area (Å²) in [6, 6.07) is 3.82. The fourth-order valence-electron chi connectivity index (χ4n) is 2.04. The van der Waals surface area contributed by atoms with Gasteiger partial charge >= 0.3 is 0 Å². The van der Waals surface area contributed by atoms with Crippen molar-refractivity contribution >= 4 is 17.3 Å². The Hall–Kier alpha value is -1.99. The number of nitro benzene ring substituents is 1. The summed E-state index contributed by atoms with van der Waals surface area (Å²) >= 11 is 0. The van der Waals surface area contributed by atoms with Crippen molar-refractivity contribution in [3.05, 3.63) is 33.9 Å². The minimum Gasteiger partial charge on any atom is -0.392 e. The van der Waals surface area contributed by atoms with Crippen LogP contribution in [0.25, 0.3) is 0 Å². The summed E-state index contributed by atoms with van der Waals surface area (Å²) < 4.78 is 0. The van der Waals surface area contributed by atoms with Crippen LogP contribution >= 0.6 is 0 Å². The average Bonchev–Trinajstić information content (AvgIpc) is 2.67. The molecule has 0 spiro atoms. The second kappa shape index (κ2) is 4.71. The van der Waals surface area contributed by atoms with Crippen LogP contribution in [0.2, 0.25) is 0 Å². The molecular formula is C11H13N3O4. The molecule has 1 unspecified atom stereocenters. The lowest BCUT2D eigenvalue weighted by molar-refractivity contribution is -0.384. The van der Waals surface area contributed by atoms with Crippen LogP contribution in [-0.2, 0) is 11.4 Å². The number of nitrogens with zero attached hydrogens (tertiary/aromatic N) is 2. The smallest absolute Gasteiger partial charge is 0.269 e. The number of rotatable bonds is 3. The number of amides is 1. The summed E-state index contributed by atoms with van der Waals surface area (Å²) in [6.45, 7) is -0.000322. The monoisotopic (exact) mass is 251 g/mol. The molecule has 0 aromatic heterocycles. The fraction of sp³-hybridized carbons (Fsp3) is 0.364. The summed E-state index contributed by atoms with van der Waals surface area (Å²) in [4.78, 5) is 23.3. The van der Waals surface area contributed by atoms with E-state index >= 15 is 0 Å². The predicted octanol–water partition coefficient (Wildman–Crippen LogP) is 0.151. The maximum absolute atomic E-state index is 11.7. The molecule has 0 radical (unpaired) electrons. The molecule has 1 heterocycles. The average molecular weight is 251 g/mol. The van der Waals surface area contributed by atoms with Gasteiger partial charge in [0.05, 0.1) is 11.5 Å². The van der Waals surface area contributed by atoms with Crippen LogP contribution in [0.3, 0.4) is 0 Å². The zero-order chi connectivity index (χ0) is 13.3. The predicted molar refractivity (Wildman–Crippen MR) is 64.0 cm³/mol. The van der Waals surface area contributed by atoms with E-state index in [0.717, 1.165) is 0 Å². The van der Waals surface area contributed by atoms with Crippen LogP contribution < -0.4 is 10.6 Å². The van der Waals surface area contributed by atoms with E-state index in [1.54, 1.807) is 0 Å². The van der Waals surface area contributed by atoms with Crippen LogP contribution in [0.5, 0.6) is 0 Å². The van der Waals surface area contributed by atoms with Crippen molar-refractivity contribution < 1.29 is 14.8 Å². The number of carbonyl (C=O) groups excluding carboxylic acids is 1. The fourth-order valence-corrected chi connectivity index (χ4v) is 2.04. The molecule has 1 atom stereocenters. The third-order valence-corrected chi connectivity index (χ3v) is 2.89. The highest BCUT2D eigenvalue weighted by Crippen LogP contribution is 2.28. The summed E-state index contributed by atoms with van der Waals surface area (Å²) in [6.07, 6.45) is 0.252. The topological polar surface area (TPSA) is 110 Å². The van der Waals surface area contributed by atoms with Gasteiger partial charge in [-0.2, -0.15) is 0 Å². The second-order valence-corrected chi connectivity index (χ2v) is 4.20. The molecule has 2 rings (SSSR count). The van der Waals surface area contributed by atoms with Crippen LogP contribution in [-0.4, -0.2) is 28.5 Å². The Morgan fingerprint density at radius 2 is 2.28 bits per heavy atom. The molecular weight excluding hydrogens is 238 g/mol. The number of hydrogen-bond donors (Lipinski definition) is 2. The molecule has 18 heavy (non-hydrogen) atoms. The number of non-ortho nitro benzene ring substituents is 1. The van der Waals surface area contributed by atoms with Crippen LogP contribution in [0, 0.1) is 10.1 Å². The van der Waals surface area contributed by atoms with Gasteiger partial charge in [-0.05, 0) is 6.07 Å². The van der Waals surface area contributed by atoms with Gasteiger partial charge in [-0.1, -0.05) is 0 Å². The van der Waals surface area contributed by atoms with Crippen molar-refractivity contribution in [1.29, 1.82) is 0 Å². The Kier molecular flexibility index (Phi) is 3.26. The van der Waals surface area contributed by atoms with Crippen LogP contribution in [0.4, 0.5) is 11.4 Å². The molecule has 1 aliphatic rings. The lowest BCUT2D eigenvalue weighted by Gasteiger charge is -2.19. The van der Waals surface area contributed by atoms with Crippen molar-refractivity contribution in [1.82, 2.24) is 0 Å². The van der Waals surface area contributed by atoms with Crippen LogP contribution in [0.1, 0.15) is 12.0 Å². The lowest BCUT2D eigenvalue weighted by Crippen LogP contribution is -2.28. The van der Waals surface area contributed by atoms with E-state index in [0.29, 0.717) is 17.8 Å². The molecule has 1 saturated heterocycles. The Bertz CT molecular complexity index is 503. The third kappa shape index (κ3) is 2.18. The minimum atomic E-state index is -0.541. The van der Waals surface area contributed by atoms with E-state index < -0.39 is 4.92 Å². The summed E-state index contributed by atoms with van der Waals surface area (Å²) in [5.74, 6) is -0.133. The molecule has 0 bridgehead atoms. The summed E-state index contributed by atoms with van der Waals surface area (Å²) in [5, 5.41) is 19.9. The summed E-state index contributed by atoms with van der Waals surface area (Å²) in [7, 11) is 0. The van der Waals surface area contributed by atoms with Crippen molar-refractivity contribution in [2.75, 3.05) is 11.4 Å². The lowest BCUT2D eigenvalue weighted by atomic mass is 10.1. The molecule has 1 aromatic rings. The molecule has 0 saturated carbocycles. The highest BCUT2D eigenvalue weighted by molar-refractivity contribution is 5.97. The van der Waals surface area contributed by atoms with Gasteiger partial charge in [0.15, 0.2) is 0 Å². The third-order valence-electron chi connectivity index (χ3n) is 2.89. The number of nitrogens with two attached hydrogens (primary N) is 1. The van der Waals surface area contributed by atoms with Gasteiger partial charge in [-0.25, -0.2) is 0 Å². The van der Waals surface area contributed by atoms with Gasteiger partial charge in [-0.3, -0.25) is 14.9 Å². The number of benzene rings is 1. The first-order valence-corrected chi connectivity index (χ1v) is 5.47. The highest BCUT2D eigenvalue weighted by atomic mass is 16.6. The van der Waals surface area contributed by atoms with E-state index in [1.165, 1.54) is 23.1 Å². The van der Waals surface area contributed by atoms with Gasteiger partial charge in [-0.15, -0.1) is 0 Å². The van der Waals surface area contributed by atoms with E-state index in [1.807, 2.05) is 0 Å². The first-order chi connectivity index (χ1) is 8.52. The molecule has 0 aliphatic carbocycles. The summed E-state index contributed by atoms with van der Waals surface area (Å²) in [5.41, 5.74) is 6.42. The Balaban J connectivity index is 2.39. The van der Waals surface area contributed by atoms with Gasteiger partial charge in [0.2, 0.25) is 5.91 Å². The highest BCUT2D eigenvalue weighted by Gasteiger charge is 2.29. The Morgan fingerprint density at radius 3 is 2.78 bits per heavy atom. The van der Waals surface area contributed by atoms with Gasteiger partial charge in [0.1, 0.15) is 0 Å². The number of anilines is 1. The number of carbonyl (C=O) groups is 1. The van der Waals surface area contributed by atoms with Crippen molar-refractivity contribution in [2.24, 2.45) is 5.73 Å². The van der Waals surface area contributed by atoms with Gasteiger partial charge in [0, 0.05) is 42.4 Å². The second-order valence-electron chi connectivity index (χ2n) is 4.20. The first-order valence-electron chi connectivity index (χ1n) is 5.47. The number of aliphatic hydroxyl groups is 1. The van der Waals surface area contributed by atoms with Crippen LogP contribution in [0.15, 0.2) is 18.2 Å². The van der Waals surface area contributed by atoms with Crippen molar-refractivity contribution in [3.63, 3.8) is 0 Å². The molecule has 7 nitrogen and oxygen atoms in total.